The molecule has 0 amide bonds. The molecule has 13 heteroatoms. The summed E-state index contributed by atoms with van der Waals surface area (Å²) in [4.78, 5) is 22.4. The van der Waals surface area contributed by atoms with E-state index in [4.69, 9.17) is 0 Å². The summed E-state index contributed by atoms with van der Waals surface area (Å²) >= 11 is 0. The van der Waals surface area contributed by atoms with Crippen LogP contribution in [0.15, 0.2) is 101 Å². The smallest absolute Gasteiger partial charge is 0.268 e. The minimum absolute atomic E-state index is 0.0124. The summed E-state index contributed by atoms with van der Waals surface area (Å²) in [5.74, 6) is -2.63. The van der Waals surface area contributed by atoms with Crippen molar-refractivity contribution in [1.82, 2.24) is 7.94 Å². The van der Waals surface area contributed by atoms with Crippen molar-refractivity contribution in [3.05, 3.63) is 131 Å². The molecule has 0 spiro atoms. The molecule has 52 heavy (non-hydrogen) atoms. The normalized spacial score (nSPS) is 19.4. The van der Waals surface area contributed by atoms with Gasteiger partial charge in [0.15, 0.2) is 11.6 Å². The van der Waals surface area contributed by atoms with Gasteiger partial charge in [-0.1, -0.05) is 35.4 Å². The fourth-order valence-electron chi connectivity index (χ4n) is 6.59. The number of halogens is 2. The summed E-state index contributed by atoms with van der Waals surface area (Å²) < 4.78 is 82.2. The molecule has 2 unspecified atom stereocenters. The molecule has 2 heterocycles. The fraction of sp³-hybridized carbons (Fsp3) is 0.205. The number of rotatable bonds is 8. The molecule has 2 fully saturated rings. The number of benzene rings is 4. The van der Waals surface area contributed by atoms with Crippen LogP contribution in [0.25, 0.3) is 21.8 Å². The lowest BCUT2D eigenvalue weighted by Crippen LogP contribution is -2.12. The predicted octanol–water partition coefficient (Wildman–Crippen LogP) is 7.13. The number of nitriles is 1. The van der Waals surface area contributed by atoms with Crippen molar-refractivity contribution in [2.24, 2.45) is 11.8 Å². The van der Waals surface area contributed by atoms with Crippen molar-refractivity contribution < 1.29 is 35.2 Å². The van der Waals surface area contributed by atoms with Crippen molar-refractivity contribution in [2.75, 3.05) is 0 Å². The average molecular weight is 740 g/mol. The van der Waals surface area contributed by atoms with Crippen LogP contribution in [0.5, 0.6) is 0 Å². The SMILES string of the molecule is Cc1ccc(S(=O)(=O)n2cc(C3CC3C=O)c3cc(F)c(F)cc32)cc1.Cc1ccc(S(=O)(=O)n2cc([C@@H]3C[C@H]3C=O)c3cc(C#N)ccc32)cc1. The first-order valence-electron chi connectivity index (χ1n) is 16.4. The summed E-state index contributed by atoms with van der Waals surface area (Å²) in [5.41, 5.74) is 4.30. The molecule has 0 saturated heterocycles. The van der Waals surface area contributed by atoms with E-state index in [2.05, 4.69) is 6.07 Å². The van der Waals surface area contributed by atoms with Gasteiger partial charge in [0.1, 0.15) is 12.6 Å². The molecule has 0 aliphatic heterocycles. The zero-order valence-electron chi connectivity index (χ0n) is 27.9. The molecule has 0 radical (unpaired) electrons. The van der Waals surface area contributed by atoms with E-state index in [-0.39, 0.29) is 39.0 Å². The quantitative estimate of drug-likeness (QED) is 0.152. The molecule has 8 rings (SSSR count). The van der Waals surface area contributed by atoms with Gasteiger partial charge in [0.25, 0.3) is 20.0 Å². The molecule has 2 saturated carbocycles. The third-order valence-corrected chi connectivity index (χ3v) is 13.1. The van der Waals surface area contributed by atoms with Crippen LogP contribution in [0.4, 0.5) is 8.78 Å². The van der Waals surface area contributed by atoms with E-state index < -0.39 is 31.7 Å². The minimum atomic E-state index is -3.98. The van der Waals surface area contributed by atoms with Gasteiger partial charge < -0.3 is 9.59 Å². The Morgan fingerprint density at radius 1 is 0.654 bits per heavy atom. The van der Waals surface area contributed by atoms with Gasteiger partial charge >= 0.3 is 0 Å². The van der Waals surface area contributed by atoms with Crippen LogP contribution < -0.4 is 0 Å². The van der Waals surface area contributed by atoms with Crippen molar-refractivity contribution in [2.45, 2.75) is 48.3 Å². The zero-order valence-corrected chi connectivity index (χ0v) is 29.5. The lowest BCUT2D eigenvalue weighted by molar-refractivity contribution is -0.109. The van der Waals surface area contributed by atoms with Gasteiger partial charge in [-0.3, -0.25) is 0 Å². The standard InChI is InChI=1S/C20H16N2O3S.C19H15F2NO3S/c1-13-2-5-16(6-3-13)26(24,25)22-11-19(17-9-15(17)12-23)18-8-14(10-21)4-7-20(18)22;1-11-2-4-13(5-3-11)26(24,25)22-9-16(14-6-12(14)10-23)15-7-17(20)18(21)8-19(15)22/h2-8,11-12,15,17H,9H2,1H3;2-5,7-10,12,14H,6H2,1H3/t15-,17+;/m0./s1. The van der Waals surface area contributed by atoms with Crippen molar-refractivity contribution in [3.8, 4) is 6.07 Å². The second kappa shape index (κ2) is 13.0. The highest BCUT2D eigenvalue weighted by molar-refractivity contribution is 7.90. The zero-order chi connectivity index (χ0) is 37.1. The molecule has 4 aromatic carbocycles. The number of aryl methyl sites for hydroxylation is 2. The van der Waals surface area contributed by atoms with Gasteiger partial charge in [-0.2, -0.15) is 5.26 Å². The number of hydrogen-bond donors (Lipinski definition) is 0. The highest BCUT2D eigenvalue weighted by atomic mass is 32.2. The highest BCUT2D eigenvalue weighted by Gasteiger charge is 2.42. The molecular weight excluding hydrogens is 709 g/mol. The van der Waals surface area contributed by atoms with Crippen LogP contribution in [-0.2, 0) is 29.6 Å². The van der Waals surface area contributed by atoms with Crippen LogP contribution in [-0.4, -0.2) is 37.4 Å². The van der Waals surface area contributed by atoms with Crippen molar-refractivity contribution in [3.63, 3.8) is 0 Å². The van der Waals surface area contributed by atoms with Gasteiger partial charge in [-0.25, -0.2) is 33.6 Å². The van der Waals surface area contributed by atoms with Crippen LogP contribution >= 0.6 is 0 Å². The summed E-state index contributed by atoms with van der Waals surface area (Å²) in [7, 11) is -7.75. The maximum absolute atomic E-state index is 13.8. The number of fused-ring (bicyclic) bond motifs is 2. The highest BCUT2D eigenvalue weighted by Crippen LogP contribution is 2.50. The molecular formula is C39H31F2N3O6S2. The van der Waals surface area contributed by atoms with Crippen LogP contribution in [0, 0.1) is 48.6 Å². The number of aromatic nitrogens is 2. The summed E-state index contributed by atoms with van der Waals surface area (Å²) in [6, 6.07) is 21.9. The van der Waals surface area contributed by atoms with Gasteiger partial charge in [-0.05, 0) is 98.2 Å². The Kier molecular flexibility index (Phi) is 8.71. The molecule has 9 nitrogen and oxygen atoms in total. The van der Waals surface area contributed by atoms with E-state index in [1.165, 1.54) is 22.3 Å². The van der Waals surface area contributed by atoms with E-state index in [0.29, 0.717) is 40.3 Å². The molecule has 0 N–H and O–H groups in total. The van der Waals surface area contributed by atoms with Gasteiger partial charge in [0, 0.05) is 41.1 Å². The van der Waals surface area contributed by atoms with Crippen molar-refractivity contribution in [1.29, 1.82) is 5.26 Å². The number of hydrogen-bond acceptors (Lipinski definition) is 7. The Morgan fingerprint density at radius 2 is 1.10 bits per heavy atom. The number of carbonyl (C=O) groups excluding carboxylic acids is 2. The molecule has 2 aliphatic rings. The second-order valence-corrected chi connectivity index (χ2v) is 16.9. The lowest BCUT2D eigenvalue weighted by Gasteiger charge is -2.08. The van der Waals surface area contributed by atoms with E-state index in [9.17, 15) is 40.5 Å². The molecule has 0 bridgehead atoms. The molecule has 4 atom stereocenters. The molecule has 6 aromatic rings. The third-order valence-electron chi connectivity index (χ3n) is 9.76. The molecule has 2 aromatic heterocycles. The Labute approximate surface area is 298 Å². The number of aldehydes is 2. The van der Waals surface area contributed by atoms with E-state index in [0.717, 1.165) is 45.4 Å². The van der Waals surface area contributed by atoms with Crippen LogP contribution in [0.2, 0.25) is 0 Å². The van der Waals surface area contributed by atoms with E-state index >= 15 is 0 Å². The lowest BCUT2D eigenvalue weighted by atomic mass is 10.1. The Hall–Kier alpha value is -5.45. The predicted molar refractivity (Wildman–Crippen MR) is 190 cm³/mol. The Morgan fingerprint density at radius 3 is 1.54 bits per heavy atom. The topological polar surface area (TPSA) is 136 Å². The molecule has 2 aliphatic carbocycles. The summed E-state index contributed by atoms with van der Waals surface area (Å²) in [6.07, 6.45) is 6.00. The second-order valence-electron chi connectivity index (χ2n) is 13.3. The van der Waals surface area contributed by atoms with Crippen molar-refractivity contribution >= 4 is 54.4 Å². The largest absolute Gasteiger partial charge is 0.303 e. The Balaban J connectivity index is 0.000000162. The first-order chi connectivity index (χ1) is 24.8. The first kappa shape index (κ1) is 35.0. The van der Waals surface area contributed by atoms with E-state index in [1.54, 1.807) is 60.8 Å². The van der Waals surface area contributed by atoms with E-state index in [1.807, 2.05) is 13.8 Å². The summed E-state index contributed by atoms with van der Waals surface area (Å²) in [6.45, 7) is 3.74. The first-order valence-corrected chi connectivity index (χ1v) is 19.3. The maximum Gasteiger partial charge on any atom is 0.268 e. The van der Waals surface area contributed by atoms with Gasteiger partial charge in [-0.15, -0.1) is 0 Å². The number of carbonyl (C=O) groups is 2. The average Bonchev–Trinajstić information content (AvgIpc) is 4.03. The Bertz CT molecular complexity index is 2680. The minimum Gasteiger partial charge on any atom is -0.303 e. The van der Waals surface area contributed by atoms with Gasteiger partial charge in [0.2, 0.25) is 0 Å². The van der Waals surface area contributed by atoms with Crippen LogP contribution in [0.1, 0.15) is 52.5 Å². The van der Waals surface area contributed by atoms with Crippen LogP contribution in [0.3, 0.4) is 0 Å². The maximum atomic E-state index is 13.8. The number of nitrogens with zero attached hydrogens (tertiary/aromatic N) is 3. The third kappa shape index (κ3) is 6.11. The van der Waals surface area contributed by atoms with Gasteiger partial charge in [0.05, 0.1) is 32.5 Å². The monoisotopic (exact) mass is 739 g/mol. The summed E-state index contributed by atoms with van der Waals surface area (Å²) in [5, 5.41) is 10.2. The fourth-order valence-corrected chi connectivity index (χ4v) is 9.34. The molecule has 264 valence electrons.